The van der Waals surface area contributed by atoms with E-state index in [1.54, 1.807) is 6.92 Å². The molecule has 0 spiro atoms. The van der Waals surface area contributed by atoms with Crippen molar-refractivity contribution in [3.8, 4) is 5.88 Å². The highest BCUT2D eigenvalue weighted by molar-refractivity contribution is 6.00. The van der Waals surface area contributed by atoms with E-state index in [0.29, 0.717) is 12.3 Å². The Morgan fingerprint density at radius 2 is 1.87 bits per heavy atom. The Kier molecular flexibility index (Phi) is 6.01. The van der Waals surface area contributed by atoms with Crippen molar-refractivity contribution in [1.29, 1.82) is 0 Å². The largest absolute Gasteiger partial charge is 0.494 e. The van der Waals surface area contributed by atoms with E-state index in [-0.39, 0.29) is 11.4 Å². The Morgan fingerprint density at radius 1 is 1.22 bits per heavy atom. The minimum absolute atomic E-state index is 0.0879. The molecule has 0 saturated carbocycles. The first kappa shape index (κ1) is 17.3. The van der Waals surface area contributed by atoms with Crippen molar-refractivity contribution >= 4 is 5.71 Å². The Labute approximate surface area is 135 Å². The van der Waals surface area contributed by atoms with Gasteiger partial charge in [0.15, 0.2) is 0 Å². The molecule has 23 heavy (non-hydrogen) atoms. The van der Waals surface area contributed by atoms with Crippen LogP contribution in [0.1, 0.15) is 57.9 Å². The molecule has 0 bridgehead atoms. The Morgan fingerprint density at radius 3 is 2.48 bits per heavy atom. The molecule has 0 aromatic carbocycles. The maximum absolute atomic E-state index is 12.1. The Balaban J connectivity index is 2.37. The summed E-state index contributed by atoms with van der Waals surface area (Å²) >= 11 is 0. The van der Waals surface area contributed by atoms with Crippen molar-refractivity contribution < 1.29 is 5.11 Å². The van der Waals surface area contributed by atoms with Crippen LogP contribution in [-0.2, 0) is 6.54 Å². The van der Waals surface area contributed by atoms with E-state index in [1.807, 2.05) is 11.9 Å². The topological polar surface area (TPSA) is 90.7 Å². The first-order valence-corrected chi connectivity index (χ1v) is 8.41. The number of hydrogen-bond donors (Lipinski definition) is 2. The van der Waals surface area contributed by atoms with Crippen LogP contribution in [0, 0.1) is 0 Å². The van der Waals surface area contributed by atoms with Gasteiger partial charge < -0.3 is 5.11 Å². The van der Waals surface area contributed by atoms with Crippen LogP contribution in [0.2, 0.25) is 0 Å². The van der Waals surface area contributed by atoms with Crippen LogP contribution in [0.5, 0.6) is 5.88 Å². The number of hydrazone groups is 1. The molecule has 1 fully saturated rings. The minimum atomic E-state index is -0.587. The van der Waals surface area contributed by atoms with Crippen molar-refractivity contribution in [2.75, 3.05) is 13.1 Å². The van der Waals surface area contributed by atoms with Gasteiger partial charge in [-0.1, -0.05) is 26.2 Å². The van der Waals surface area contributed by atoms with Crippen molar-refractivity contribution in [3.05, 3.63) is 26.4 Å². The fourth-order valence-corrected chi connectivity index (χ4v) is 2.83. The summed E-state index contributed by atoms with van der Waals surface area (Å²) in [7, 11) is 0. The fraction of sp³-hybridized carbons (Fsp3) is 0.688. The first-order chi connectivity index (χ1) is 11.0. The SMILES string of the molecule is CCCCn1c(O)c(/C(C)=N/N2CCCCCC2)c(=O)[nH]c1=O. The van der Waals surface area contributed by atoms with Gasteiger partial charge in [-0.25, -0.2) is 4.79 Å². The molecule has 2 N–H and O–H groups in total. The summed E-state index contributed by atoms with van der Waals surface area (Å²) in [4.78, 5) is 26.3. The van der Waals surface area contributed by atoms with E-state index >= 15 is 0 Å². The maximum atomic E-state index is 12.1. The third-order valence-electron chi connectivity index (χ3n) is 4.14. The number of nitrogens with one attached hydrogen (secondary N) is 1. The molecular weight excluding hydrogens is 296 g/mol. The number of rotatable bonds is 5. The molecule has 128 valence electrons. The van der Waals surface area contributed by atoms with E-state index in [0.717, 1.165) is 38.8 Å². The van der Waals surface area contributed by atoms with Crippen molar-refractivity contribution in [2.24, 2.45) is 5.10 Å². The maximum Gasteiger partial charge on any atom is 0.331 e. The number of nitrogens with zero attached hydrogens (tertiary/aromatic N) is 3. The summed E-state index contributed by atoms with van der Waals surface area (Å²) in [5.74, 6) is -0.289. The third kappa shape index (κ3) is 4.24. The second kappa shape index (κ2) is 7.99. The van der Waals surface area contributed by atoms with Crippen LogP contribution in [-0.4, -0.2) is 38.5 Å². The van der Waals surface area contributed by atoms with Gasteiger partial charge in [-0.2, -0.15) is 5.10 Å². The van der Waals surface area contributed by atoms with E-state index in [1.165, 1.54) is 17.4 Å². The van der Waals surface area contributed by atoms with Crippen molar-refractivity contribution in [3.63, 3.8) is 0 Å². The van der Waals surface area contributed by atoms with Gasteiger partial charge in [-0.15, -0.1) is 0 Å². The lowest BCUT2D eigenvalue weighted by molar-refractivity contribution is 0.300. The normalized spacial score (nSPS) is 16.4. The van der Waals surface area contributed by atoms with Gasteiger partial charge in [-0.3, -0.25) is 19.4 Å². The number of H-pyrrole nitrogens is 1. The summed E-state index contributed by atoms with van der Waals surface area (Å²) in [6.07, 6.45) is 6.18. The molecule has 0 unspecified atom stereocenters. The highest BCUT2D eigenvalue weighted by atomic mass is 16.3. The Hall–Kier alpha value is -2.05. The van der Waals surface area contributed by atoms with Crippen LogP contribution >= 0.6 is 0 Å². The van der Waals surface area contributed by atoms with Crippen LogP contribution < -0.4 is 11.2 Å². The number of aromatic amines is 1. The number of unbranched alkanes of at least 4 members (excludes halogenated alkanes) is 1. The van der Waals surface area contributed by atoms with Gasteiger partial charge in [0, 0.05) is 19.6 Å². The lowest BCUT2D eigenvalue weighted by atomic mass is 10.2. The van der Waals surface area contributed by atoms with Gasteiger partial charge in [0.05, 0.1) is 5.71 Å². The molecule has 0 amide bonds. The molecule has 2 rings (SSSR count). The van der Waals surface area contributed by atoms with E-state index in [9.17, 15) is 14.7 Å². The predicted octanol–water partition coefficient (Wildman–Crippen LogP) is 1.64. The highest BCUT2D eigenvalue weighted by Gasteiger charge is 2.17. The summed E-state index contributed by atoms with van der Waals surface area (Å²) in [6, 6.07) is 0. The molecule has 1 aliphatic heterocycles. The third-order valence-corrected chi connectivity index (χ3v) is 4.14. The van der Waals surface area contributed by atoms with Crippen LogP contribution in [0.25, 0.3) is 0 Å². The van der Waals surface area contributed by atoms with Gasteiger partial charge in [-0.05, 0) is 26.2 Å². The van der Waals surface area contributed by atoms with Crippen molar-refractivity contribution in [2.45, 2.75) is 58.9 Å². The van der Waals surface area contributed by atoms with Gasteiger partial charge in [0.25, 0.3) is 5.56 Å². The molecule has 0 atom stereocenters. The van der Waals surface area contributed by atoms with E-state index in [4.69, 9.17) is 0 Å². The molecule has 1 aliphatic rings. The molecule has 0 radical (unpaired) electrons. The molecule has 1 aromatic rings. The smallest absolute Gasteiger partial charge is 0.331 e. The molecular formula is C16H26N4O3. The molecule has 1 saturated heterocycles. The first-order valence-electron chi connectivity index (χ1n) is 8.41. The number of hydrogen-bond acceptors (Lipinski definition) is 5. The second-order valence-electron chi connectivity index (χ2n) is 6.02. The van der Waals surface area contributed by atoms with E-state index < -0.39 is 11.2 Å². The molecule has 1 aromatic heterocycles. The van der Waals surface area contributed by atoms with Crippen LogP contribution in [0.3, 0.4) is 0 Å². The fourth-order valence-electron chi connectivity index (χ4n) is 2.83. The summed E-state index contributed by atoms with van der Waals surface area (Å²) in [6.45, 7) is 5.78. The average Bonchev–Trinajstić information content (AvgIpc) is 2.75. The molecule has 0 aliphatic carbocycles. The van der Waals surface area contributed by atoms with Gasteiger partial charge >= 0.3 is 5.69 Å². The van der Waals surface area contributed by atoms with Crippen LogP contribution in [0.4, 0.5) is 0 Å². The second-order valence-corrected chi connectivity index (χ2v) is 6.02. The quantitative estimate of drug-likeness (QED) is 0.806. The highest BCUT2D eigenvalue weighted by Crippen LogP contribution is 2.15. The van der Waals surface area contributed by atoms with Gasteiger partial charge in [0.1, 0.15) is 5.56 Å². The van der Waals surface area contributed by atoms with Crippen LogP contribution in [0.15, 0.2) is 14.7 Å². The zero-order valence-corrected chi connectivity index (χ0v) is 14.0. The lowest BCUT2D eigenvalue weighted by Crippen LogP contribution is -2.34. The minimum Gasteiger partial charge on any atom is -0.494 e. The summed E-state index contributed by atoms with van der Waals surface area (Å²) in [5, 5.41) is 16.8. The average molecular weight is 322 g/mol. The Bertz CT molecular complexity index is 667. The standard InChI is InChI=1S/C16H26N4O3/c1-3-4-11-20-15(22)13(14(21)17-16(20)23)12(2)18-19-9-7-5-6-8-10-19/h22H,3-11H2,1-2H3,(H,17,21,23)/b18-12+. The number of aromatic nitrogens is 2. The summed E-state index contributed by atoms with van der Waals surface area (Å²) in [5.41, 5.74) is -0.635. The monoisotopic (exact) mass is 322 g/mol. The number of aromatic hydroxyl groups is 1. The predicted molar refractivity (Wildman–Crippen MR) is 90.1 cm³/mol. The zero-order chi connectivity index (χ0) is 16.8. The molecule has 7 heteroatoms. The molecule has 7 nitrogen and oxygen atoms in total. The summed E-state index contributed by atoms with van der Waals surface area (Å²) < 4.78 is 1.21. The van der Waals surface area contributed by atoms with Gasteiger partial charge in [0.2, 0.25) is 5.88 Å². The lowest BCUT2D eigenvalue weighted by Gasteiger charge is -2.18. The van der Waals surface area contributed by atoms with E-state index in [2.05, 4.69) is 10.1 Å². The molecule has 2 heterocycles. The van der Waals surface area contributed by atoms with Crippen molar-refractivity contribution in [1.82, 2.24) is 14.6 Å². The zero-order valence-electron chi connectivity index (χ0n) is 14.0.